The molecule has 0 heterocycles. The van der Waals surface area contributed by atoms with E-state index in [2.05, 4.69) is 0 Å². The number of carbonyl (C=O) groups excluding carboxylic acids is 1. The van der Waals surface area contributed by atoms with Gasteiger partial charge in [0.2, 0.25) is 0 Å². The van der Waals surface area contributed by atoms with E-state index in [0.29, 0.717) is 12.0 Å². The van der Waals surface area contributed by atoms with Crippen LogP contribution < -0.4 is 0 Å². The lowest BCUT2D eigenvalue weighted by Crippen LogP contribution is -2.65. The highest BCUT2D eigenvalue weighted by Gasteiger charge is 2.76. The lowest BCUT2D eigenvalue weighted by atomic mass is 9.59. The fourth-order valence-electron chi connectivity index (χ4n) is 6.48. The van der Waals surface area contributed by atoms with Gasteiger partial charge in [-0.15, -0.1) is 0 Å². The van der Waals surface area contributed by atoms with Crippen molar-refractivity contribution >= 4 is 5.78 Å². The molecule has 2 bridgehead atoms. The van der Waals surface area contributed by atoms with Crippen LogP contribution in [0.5, 0.6) is 0 Å². The van der Waals surface area contributed by atoms with Crippen LogP contribution in [0, 0.1) is 34.5 Å². The van der Waals surface area contributed by atoms with E-state index in [1.54, 1.807) is 19.1 Å². The van der Waals surface area contributed by atoms with Crippen molar-refractivity contribution in [1.82, 2.24) is 0 Å². The molecule has 0 aromatic rings. The number of rotatable bonds is 2. The lowest BCUT2D eigenvalue weighted by molar-refractivity contribution is -0.190. The number of aliphatic hydroxyl groups is 5. The molecule has 6 heteroatoms. The zero-order chi connectivity index (χ0) is 19.2. The Morgan fingerprint density at radius 3 is 2.46 bits per heavy atom. The van der Waals surface area contributed by atoms with Crippen LogP contribution in [0.1, 0.15) is 27.2 Å². The summed E-state index contributed by atoms with van der Waals surface area (Å²) >= 11 is 0. The number of hydrogen-bond donors (Lipinski definition) is 5. The minimum atomic E-state index is -2.09. The van der Waals surface area contributed by atoms with Crippen molar-refractivity contribution in [2.24, 2.45) is 34.5 Å². The number of allylic oxidation sites excluding steroid dienone is 1. The molecule has 0 radical (unpaired) electrons. The third kappa shape index (κ3) is 1.73. The van der Waals surface area contributed by atoms with Gasteiger partial charge in [0, 0.05) is 12.5 Å². The molecule has 4 rings (SSSR count). The van der Waals surface area contributed by atoms with E-state index < -0.39 is 35.7 Å². The van der Waals surface area contributed by atoms with E-state index in [-0.39, 0.29) is 41.1 Å². The molecular weight excluding hydrogens is 336 g/mol. The number of aliphatic hydroxyl groups excluding tert-OH is 4. The number of ketones is 1. The van der Waals surface area contributed by atoms with Gasteiger partial charge in [-0.3, -0.25) is 4.79 Å². The minimum absolute atomic E-state index is 0.0293. The van der Waals surface area contributed by atoms with Crippen LogP contribution in [0.15, 0.2) is 23.3 Å². The number of carbonyl (C=O) groups is 1. The molecule has 5 N–H and O–H groups in total. The summed E-state index contributed by atoms with van der Waals surface area (Å²) in [5, 5.41) is 53.0. The Labute approximate surface area is 152 Å². The average molecular weight is 364 g/mol. The Morgan fingerprint density at radius 1 is 1.23 bits per heavy atom. The largest absolute Gasteiger partial charge is 0.396 e. The highest BCUT2D eigenvalue weighted by Crippen LogP contribution is 2.71. The van der Waals surface area contributed by atoms with Crippen molar-refractivity contribution in [2.45, 2.75) is 45.0 Å². The molecule has 1 spiro atoms. The minimum Gasteiger partial charge on any atom is -0.396 e. The maximum absolute atomic E-state index is 13.8. The fourth-order valence-corrected chi connectivity index (χ4v) is 6.48. The first-order chi connectivity index (χ1) is 12.1. The molecule has 0 saturated heterocycles. The van der Waals surface area contributed by atoms with Crippen LogP contribution in [0.3, 0.4) is 0 Å². The van der Waals surface area contributed by atoms with Crippen LogP contribution in [0.25, 0.3) is 0 Å². The molecule has 4 aliphatic rings. The molecule has 0 aromatic carbocycles. The van der Waals surface area contributed by atoms with E-state index >= 15 is 0 Å². The number of Topliss-reactive ketones (excluding diaryl/α,β-unsaturated/α-hetero) is 1. The fraction of sp³-hybridized carbons (Fsp3) is 0.750. The topological polar surface area (TPSA) is 118 Å². The lowest BCUT2D eigenvalue weighted by Gasteiger charge is -2.48. The summed E-state index contributed by atoms with van der Waals surface area (Å²) in [5.41, 5.74) is -3.25. The van der Waals surface area contributed by atoms with Crippen molar-refractivity contribution < 1.29 is 30.3 Å². The molecule has 3 unspecified atom stereocenters. The predicted octanol–water partition coefficient (Wildman–Crippen LogP) is -0.212. The van der Waals surface area contributed by atoms with Gasteiger partial charge in [-0.1, -0.05) is 26.0 Å². The molecule has 26 heavy (non-hydrogen) atoms. The monoisotopic (exact) mass is 364 g/mol. The summed E-state index contributed by atoms with van der Waals surface area (Å²) in [6, 6.07) is 0. The summed E-state index contributed by atoms with van der Waals surface area (Å²) in [4.78, 5) is 13.8. The van der Waals surface area contributed by atoms with Gasteiger partial charge in [-0.2, -0.15) is 0 Å². The predicted molar refractivity (Wildman–Crippen MR) is 92.8 cm³/mol. The molecule has 9 atom stereocenters. The normalized spacial score (nSPS) is 55.3. The second-order valence-corrected chi connectivity index (χ2v) is 9.11. The van der Waals surface area contributed by atoms with Gasteiger partial charge < -0.3 is 25.5 Å². The van der Waals surface area contributed by atoms with Gasteiger partial charge in [-0.05, 0) is 47.7 Å². The second kappa shape index (κ2) is 5.26. The first-order valence-corrected chi connectivity index (χ1v) is 9.35. The Bertz CT molecular complexity index is 728. The van der Waals surface area contributed by atoms with Crippen LogP contribution in [0.4, 0.5) is 0 Å². The quantitative estimate of drug-likeness (QED) is 0.433. The van der Waals surface area contributed by atoms with Gasteiger partial charge in [-0.25, -0.2) is 0 Å². The standard InChI is InChI=1S/C20H28O6/c1-9-6-19-10(2)4-13-14(18(13,3)8-22)12(17(19)25)5-11(7-21)16(24)20(19,26)15(9)23/h5-6,10,12-16,21-24,26H,4,7-8H2,1-3H3/t10-,12+,13?,14?,15+,16-,18?,19+,20-/m1/s1. The van der Waals surface area contributed by atoms with Gasteiger partial charge >= 0.3 is 0 Å². The Balaban J connectivity index is 1.98. The van der Waals surface area contributed by atoms with E-state index in [0.717, 1.165) is 0 Å². The zero-order valence-corrected chi connectivity index (χ0v) is 15.4. The van der Waals surface area contributed by atoms with Gasteiger partial charge in [0.15, 0.2) is 5.78 Å². The first-order valence-electron chi connectivity index (χ1n) is 9.35. The summed E-state index contributed by atoms with van der Waals surface area (Å²) in [6.07, 6.45) is 0.936. The highest BCUT2D eigenvalue weighted by molar-refractivity contribution is 5.95. The summed E-state index contributed by atoms with van der Waals surface area (Å²) < 4.78 is 0. The van der Waals surface area contributed by atoms with Gasteiger partial charge in [0.05, 0.1) is 12.0 Å². The van der Waals surface area contributed by atoms with Gasteiger partial charge in [0.25, 0.3) is 0 Å². The molecule has 144 valence electrons. The van der Waals surface area contributed by atoms with Crippen molar-refractivity contribution in [3.63, 3.8) is 0 Å². The van der Waals surface area contributed by atoms with E-state index in [4.69, 9.17) is 0 Å². The van der Waals surface area contributed by atoms with Gasteiger partial charge in [0.1, 0.15) is 17.8 Å². The zero-order valence-electron chi connectivity index (χ0n) is 15.4. The molecule has 0 amide bonds. The molecule has 0 aromatic heterocycles. The summed E-state index contributed by atoms with van der Waals surface area (Å²) in [6.45, 7) is 4.95. The third-order valence-corrected chi connectivity index (χ3v) is 8.07. The van der Waals surface area contributed by atoms with Crippen molar-refractivity contribution in [2.75, 3.05) is 13.2 Å². The van der Waals surface area contributed by atoms with Crippen molar-refractivity contribution in [3.8, 4) is 0 Å². The van der Waals surface area contributed by atoms with Crippen LogP contribution in [-0.2, 0) is 4.79 Å². The van der Waals surface area contributed by atoms with E-state index in [1.165, 1.54) is 0 Å². The molecular formula is C20H28O6. The number of hydrogen-bond acceptors (Lipinski definition) is 6. The third-order valence-electron chi connectivity index (χ3n) is 8.07. The second-order valence-electron chi connectivity index (χ2n) is 9.11. The Hall–Kier alpha value is -1.05. The maximum Gasteiger partial charge on any atom is 0.153 e. The smallest absolute Gasteiger partial charge is 0.153 e. The van der Waals surface area contributed by atoms with E-state index in [1.807, 2.05) is 13.8 Å². The van der Waals surface area contributed by atoms with Crippen LogP contribution in [-0.4, -0.2) is 62.3 Å². The molecule has 2 fully saturated rings. The van der Waals surface area contributed by atoms with E-state index in [9.17, 15) is 30.3 Å². The SMILES string of the molecule is CC1=C[C@]23C(=O)[C@@H](C=C(CO)[C@@H](O)[C@]2(O)[C@H]1O)C1C(C[C@H]3C)C1(C)CO. The highest BCUT2D eigenvalue weighted by atomic mass is 16.4. The summed E-state index contributed by atoms with van der Waals surface area (Å²) in [5.74, 6) is -1.13. The molecule has 6 nitrogen and oxygen atoms in total. The maximum atomic E-state index is 13.8. The molecule has 0 aliphatic heterocycles. The first kappa shape index (κ1) is 18.3. The van der Waals surface area contributed by atoms with Crippen molar-refractivity contribution in [1.29, 1.82) is 0 Å². The average Bonchev–Trinajstić information content (AvgIpc) is 3.16. The molecule has 4 aliphatic carbocycles. The van der Waals surface area contributed by atoms with Crippen LogP contribution >= 0.6 is 0 Å². The number of fused-ring (bicyclic) bond motifs is 3. The Kier molecular flexibility index (Phi) is 3.71. The van der Waals surface area contributed by atoms with Crippen molar-refractivity contribution in [3.05, 3.63) is 23.3 Å². The van der Waals surface area contributed by atoms with Crippen LogP contribution in [0.2, 0.25) is 0 Å². The molecule has 2 saturated carbocycles. The Morgan fingerprint density at radius 2 is 1.88 bits per heavy atom. The summed E-state index contributed by atoms with van der Waals surface area (Å²) in [7, 11) is 0.